The molecule has 2 heterocycles. The predicted octanol–water partition coefficient (Wildman–Crippen LogP) is 2.40. The molecule has 2 saturated heterocycles. The Bertz CT molecular complexity index is 563. The van der Waals surface area contributed by atoms with Gasteiger partial charge in [0.25, 0.3) is 0 Å². The molecular weight excluding hydrogens is 285 g/mol. The van der Waals surface area contributed by atoms with Crippen LogP contribution in [0.2, 0.25) is 0 Å². The van der Waals surface area contributed by atoms with Crippen LogP contribution in [-0.4, -0.2) is 43.2 Å². The Hall–Kier alpha value is -1.62. The number of nitrogens with zero attached hydrogens (tertiary/aromatic N) is 1. The number of carbonyl (C=O) groups excluding carboxylic acids is 1. The van der Waals surface area contributed by atoms with Crippen LogP contribution in [0.5, 0.6) is 5.75 Å². The number of rotatable bonds is 3. The van der Waals surface area contributed by atoms with Gasteiger partial charge in [0.05, 0.1) is 25.7 Å². The first-order chi connectivity index (χ1) is 10.6. The second-order valence-corrected chi connectivity index (χ2v) is 6.24. The Morgan fingerprint density at radius 2 is 2.32 bits per heavy atom. The van der Waals surface area contributed by atoms with Gasteiger partial charge in [-0.2, -0.15) is 0 Å². The summed E-state index contributed by atoms with van der Waals surface area (Å²) in [4.78, 5) is 14.4. The van der Waals surface area contributed by atoms with E-state index in [2.05, 4.69) is 6.92 Å². The summed E-state index contributed by atoms with van der Waals surface area (Å²) in [5.74, 6) is 0.595. The predicted molar refractivity (Wildman–Crippen MR) is 80.3 cm³/mol. The van der Waals surface area contributed by atoms with E-state index >= 15 is 0 Å². The highest BCUT2D eigenvalue weighted by atomic mass is 19.1. The lowest BCUT2D eigenvalue weighted by molar-refractivity contribution is -0.133. The molecule has 0 bridgehead atoms. The van der Waals surface area contributed by atoms with Gasteiger partial charge >= 0.3 is 0 Å². The van der Waals surface area contributed by atoms with Crippen LogP contribution in [0.1, 0.15) is 25.3 Å². The van der Waals surface area contributed by atoms with Crippen molar-refractivity contribution >= 4 is 5.91 Å². The fraction of sp³-hybridized carbons (Fsp3) is 0.588. The van der Waals surface area contributed by atoms with E-state index in [4.69, 9.17) is 9.47 Å². The molecule has 0 aromatic heterocycles. The van der Waals surface area contributed by atoms with Crippen LogP contribution < -0.4 is 4.74 Å². The lowest BCUT2D eigenvalue weighted by Gasteiger charge is -2.34. The number of fused-ring (bicyclic) bond motifs is 1. The molecule has 4 nitrogen and oxygen atoms in total. The van der Waals surface area contributed by atoms with E-state index in [-0.39, 0.29) is 18.1 Å². The lowest BCUT2D eigenvalue weighted by Crippen LogP contribution is -2.45. The molecule has 2 aliphatic heterocycles. The van der Waals surface area contributed by atoms with Crippen LogP contribution in [-0.2, 0) is 16.0 Å². The molecule has 0 unspecified atom stereocenters. The highest BCUT2D eigenvalue weighted by molar-refractivity contribution is 5.79. The number of hydrogen-bond donors (Lipinski definition) is 0. The van der Waals surface area contributed by atoms with Crippen molar-refractivity contribution in [3.05, 3.63) is 29.6 Å². The van der Waals surface area contributed by atoms with Crippen LogP contribution in [0, 0.1) is 11.7 Å². The maximum absolute atomic E-state index is 13.2. The van der Waals surface area contributed by atoms with Crippen molar-refractivity contribution in [2.24, 2.45) is 5.92 Å². The Balaban J connectivity index is 1.65. The second-order valence-electron chi connectivity index (χ2n) is 6.24. The molecule has 0 aliphatic carbocycles. The van der Waals surface area contributed by atoms with Gasteiger partial charge in [-0.15, -0.1) is 0 Å². The smallest absolute Gasteiger partial charge is 0.227 e. The van der Waals surface area contributed by atoms with Crippen molar-refractivity contribution in [2.45, 2.75) is 38.4 Å². The number of halogens is 1. The molecule has 2 fully saturated rings. The number of benzene rings is 1. The molecule has 5 heteroatoms. The number of hydrogen-bond acceptors (Lipinski definition) is 3. The standard InChI is InChI=1S/C17H22FNO3/c1-11-7-13-10-19(6-5-15(13)22-11)17(20)8-12-3-4-14(18)9-16(12)21-2/h3-4,9,11,13,15H,5-8,10H2,1-2H3/t11-,13-,15+/m0/s1. The van der Waals surface area contributed by atoms with Crippen LogP contribution in [0.3, 0.4) is 0 Å². The summed E-state index contributed by atoms with van der Waals surface area (Å²) in [6.45, 7) is 3.58. The third-order valence-electron chi connectivity index (χ3n) is 4.65. The molecule has 120 valence electrons. The van der Waals surface area contributed by atoms with Gasteiger partial charge in [-0.05, 0) is 25.8 Å². The maximum atomic E-state index is 13.2. The number of amides is 1. The first kappa shape index (κ1) is 15.3. The zero-order chi connectivity index (χ0) is 15.7. The second kappa shape index (κ2) is 6.24. The minimum atomic E-state index is -0.356. The average molecular weight is 307 g/mol. The summed E-state index contributed by atoms with van der Waals surface area (Å²) in [6.07, 6.45) is 2.77. The Morgan fingerprint density at radius 3 is 3.09 bits per heavy atom. The molecule has 0 spiro atoms. The number of carbonyl (C=O) groups is 1. The molecule has 3 atom stereocenters. The van der Waals surface area contributed by atoms with Crippen LogP contribution in [0.15, 0.2) is 18.2 Å². The molecular formula is C17H22FNO3. The third kappa shape index (κ3) is 3.09. The maximum Gasteiger partial charge on any atom is 0.227 e. The van der Waals surface area contributed by atoms with Crippen molar-refractivity contribution < 1.29 is 18.7 Å². The number of methoxy groups -OCH3 is 1. The van der Waals surface area contributed by atoms with Crippen molar-refractivity contribution in [3.8, 4) is 5.75 Å². The fourth-order valence-corrected chi connectivity index (χ4v) is 3.56. The quantitative estimate of drug-likeness (QED) is 0.861. The van der Waals surface area contributed by atoms with Crippen molar-refractivity contribution in [1.82, 2.24) is 4.90 Å². The van der Waals surface area contributed by atoms with Gasteiger partial charge < -0.3 is 14.4 Å². The molecule has 2 aliphatic rings. The van der Waals surface area contributed by atoms with Crippen LogP contribution in [0.25, 0.3) is 0 Å². The molecule has 0 saturated carbocycles. The van der Waals surface area contributed by atoms with Gasteiger partial charge in [-0.3, -0.25) is 4.79 Å². The van der Waals surface area contributed by atoms with E-state index in [0.29, 0.717) is 23.9 Å². The first-order valence-electron chi connectivity index (χ1n) is 7.82. The van der Waals surface area contributed by atoms with Gasteiger partial charge in [0.15, 0.2) is 0 Å². The average Bonchev–Trinajstić information content (AvgIpc) is 2.87. The van der Waals surface area contributed by atoms with Crippen molar-refractivity contribution in [1.29, 1.82) is 0 Å². The Kier molecular flexibility index (Phi) is 4.34. The number of piperidine rings is 1. The highest BCUT2D eigenvalue weighted by Crippen LogP contribution is 2.33. The summed E-state index contributed by atoms with van der Waals surface area (Å²) >= 11 is 0. The first-order valence-corrected chi connectivity index (χ1v) is 7.82. The summed E-state index contributed by atoms with van der Waals surface area (Å²) in [7, 11) is 1.49. The summed E-state index contributed by atoms with van der Waals surface area (Å²) in [5.41, 5.74) is 0.729. The van der Waals surface area contributed by atoms with Gasteiger partial charge in [-0.25, -0.2) is 4.39 Å². The van der Waals surface area contributed by atoms with E-state index in [0.717, 1.165) is 31.5 Å². The zero-order valence-corrected chi connectivity index (χ0v) is 13.0. The monoisotopic (exact) mass is 307 g/mol. The van der Waals surface area contributed by atoms with Gasteiger partial charge in [0.2, 0.25) is 5.91 Å². The van der Waals surface area contributed by atoms with Gasteiger partial charge in [0.1, 0.15) is 11.6 Å². The van der Waals surface area contributed by atoms with Crippen LogP contribution >= 0.6 is 0 Å². The molecule has 1 aromatic carbocycles. The summed E-state index contributed by atoms with van der Waals surface area (Å²) < 4.78 is 24.2. The van der Waals surface area contributed by atoms with E-state index in [1.807, 2.05) is 4.90 Å². The van der Waals surface area contributed by atoms with Gasteiger partial charge in [-0.1, -0.05) is 6.07 Å². The number of ether oxygens (including phenoxy) is 2. The SMILES string of the molecule is COc1cc(F)ccc1CC(=O)N1CC[C@H]2O[C@@H](C)C[C@H]2C1. The van der Waals surface area contributed by atoms with Crippen LogP contribution in [0.4, 0.5) is 4.39 Å². The molecule has 22 heavy (non-hydrogen) atoms. The minimum Gasteiger partial charge on any atom is -0.496 e. The topological polar surface area (TPSA) is 38.8 Å². The molecule has 0 radical (unpaired) electrons. The van der Waals surface area contributed by atoms with Crippen molar-refractivity contribution in [3.63, 3.8) is 0 Å². The molecule has 3 rings (SSSR count). The Morgan fingerprint density at radius 1 is 1.50 bits per heavy atom. The summed E-state index contributed by atoms with van der Waals surface area (Å²) in [5, 5.41) is 0. The van der Waals surface area contributed by atoms with E-state index < -0.39 is 0 Å². The Labute approximate surface area is 130 Å². The molecule has 0 N–H and O–H groups in total. The summed E-state index contributed by atoms with van der Waals surface area (Å²) in [6, 6.07) is 4.31. The van der Waals surface area contributed by atoms with E-state index in [1.54, 1.807) is 6.07 Å². The van der Waals surface area contributed by atoms with E-state index in [1.165, 1.54) is 19.2 Å². The third-order valence-corrected chi connectivity index (χ3v) is 4.65. The highest BCUT2D eigenvalue weighted by Gasteiger charge is 2.38. The van der Waals surface area contributed by atoms with E-state index in [9.17, 15) is 9.18 Å². The van der Waals surface area contributed by atoms with Gasteiger partial charge in [0, 0.05) is 30.6 Å². The normalized spacial score (nSPS) is 27.6. The lowest BCUT2D eigenvalue weighted by atomic mass is 9.92. The fourth-order valence-electron chi connectivity index (χ4n) is 3.56. The molecule has 1 amide bonds. The largest absolute Gasteiger partial charge is 0.496 e. The minimum absolute atomic E-state index is 0.0721. The zero-order valence-electron chi connectivity index (χ0n) is 13.0. The molecule has 1 aromatic rings. The van der Waals surface area contributed by atoms with Crippen molar-refractivity contribution in [2.75, 3.05) is 20.2 Å². The number of likely N-dealkylation sites (tertiary alicyclic amines) is 1.